The second-order valence-electron chi connectivity index (χ2n) is 5.60. The number of hydrogen-bond donors (Lipinski definition) is 2. The van der Waals surface area contributed by atoms with Crippen molar-refractivity contribution in [2.75, 3.05) is 0 Å². The van der Waals surface area contributed by atoms with E-state index in [0.29, 0.717) is 12.1 Å². The minimum absolute atomic E-state index is 0.178. The van der Waals surface area contributed by atoms with Gasteiger partial charge in [-0.25, -0.2) is 4.79 Å². The minimum atomic E-state index is -0.955. The zero-order valence-electron chi connectivity index (χ0n) is 12.1. The highest BCUT2D eigenvalue weighted by Gasteiger charge is 2.16. The SMILES string of the molecule is CC(C)(C)n1cc(C(=O)NCc2ccc(C(=O)O)s2)cn1. The molecule has 0 aromatic carbocycles. The zero-order chi connectivity index (χ0) is 15.6. The minimum Gasteiger partial charge on any atom is -0.477 e. The lowest BCUT2D eigenvalue weighted by atomic mass is 10.1. The summed E-state index contributed by atoms with van der Waals surface area (Å²) in [4.78, 5) is 23.9. The first-order valence-corrected chi connectivity index (χ1v) is 7.24. The van der Waals surface area contributed by atoms with Crippen molar-refractivity contribution in [2.45, 2.75) is 32.9 Å². The van der Waals surface area contributed by atoms with Crippen LogP contribution in [0.2, 0.25) is 0 Å². The molecule has 0 aliphatic carbocycles. The first-order valence-electron chi connectivity index (χ1n) is 6.43. The second kappa shape index (κ2) is 5.69. The lowest BCUT2D eigenvalue weighted by Crippen LogP contribution is -2.23. The maximum absolute atomic E-state index is 12.0. The molecule has 0 aliphatic rings. The molecule has 0 atom stereocenters. The van der Waals surface area contributed by atoms with Crippen molar-refractivity contribution in [3.05, 3.63) is 39.8 Å². The Labute approximate surface area is 126 Å². The van der Waals surface area contributed by atoms with Gasteiger partial charge in [-0.2, -0.15) is 5.10 Å². The van der Waals surface area contributed by atoms with E-state index in [-0.39, 0.29) is 16.3 Å². The van der Waals surface area contributed by atoms with Gasteiger partial charge in [-0.3, -0.25) is 9.48 Å². The van der Waals surface area contributed by atoms with Crippen LogP contribution < -0.4 is 5.32 Å². The van der Waals surface area contributed by atoms with Crippen LogP contribution in [0.3, 0.4) is 0 Å². The summed E-state index contributed by atoms with van der Waals surface area (Å²) in [5, 5.41) is 15.8. The molecule has 0 saturated carbocycles. The number of carbonyl (C=O) groups is 2. The van der Waals surface area contributed by atoms with Crippen LogP contribution in [0.25, 0.3) is 0 Å². The Morgan fingerprint density at radius 2 is 2.10 bits per heavy atom. The van der Waals surface area contributed by atoms with E-state index in [1.54, 1.807) is 16.9 Å². The monoisotopic (exact) mass is 307 g/mol. The molecular weight excluding hydrogens is 290 g/mol. The zero-order valence-corrected chi connectivity index (χ0v) is 12.9. The number of carboxylic acids is 1. The van der Waals surface area contributed by atoms with Gasteiger partial charge in [-0.05, 0) is 32.9 Å². The van der Waals surface area contributed by atoms with Gasteiger partial charge < -0.3 is 10.4 Å². The van der Waals surface area contributed by atoms with Gasteiger partial charge in [0, 0.05) is 11.1 Å². The van der Waals surface area contributed by atoms with Gasteiger partial charge in [0.2, 0.25) is 0 Å². The molecule has 21 heavy (non-hydrogen) atoms. The highest BCUT2D eigenvalue weighted by Crippen LogP contribution is 2.17. The van der Waals surface area contributed by atoms with Crippen LogP contribution in [-0.4, -0.2) is 26.8 Å². The van der Waals surface area contributed by atoms with Crippen LogP contribution in [0.15, 0.2) is 24.5 Å². The second-order valence-corrected chi connectivity index (χ2v) is 6.77. The molecule has 112 valence electrons. The molecule has 0 bridgehead atoms. The number of thiophene rings is 1. The van der Waals surface area contributed by atoms with E-state index in [9.17, 15) is 9.59 Å². The standard InChI is InChI=1S/C14H17N3O3S/c1-14(2,3)17-8-9(6-16-17)12(18)15-7-10-4-5-11(21-10)13(19)20/h4-6,8H,7H2,1-3H3,(H,15,18)(H,19,20). The number of carboxylic acid groups (broad SMARTS) is 1. The molecule has 0 aliphatic heterocycles. The molecule has 7 heteroatoms. The summed E-state index contributed by atoms with van der Waals surface area (Å²) in [7, 11) is 0. The van der Waals surface area contributed by atoms with Crippen molar-refractivity contribution in [1.82, 2.24) is 15.1 Å². The van der Waals surface area contributed by atoms with Crippen molar-refractivity contribution in [1.29, 1.82) is 0 Å². The first-order chi connectivity index (χ1) is 9.77. The van der Waals surface area contributed by atoms with E-state index in [2.05, 4.69) is 10.4 Å². The Hall–Kier alpha value is -2.15. The van der Waals surface area contributed by atoms with Gasteiger partial charge in [-0.15, -0.1) is 11.3 Å². The van der Waals surface area contributed by atoms with Crippen molar-refractivity contribution < 1.29 is 14.7 Å². The Kier molecular flexibility index (Phi) is 4.13. The maximum atomic E-state index is 12.0. The smallest absolute Gasteiger partial charge is 0.345 e. The molecule has 2 aromatic rings. The number of rotatable bonds is 4. The molecule has 0 spiro atoms. The molecule has 1 amide bonds. The van der Waals surface area contributed by atoms with Gasteiger partial charge in [0.25, 0.3) is 5.91 Å². The van der Waals surface area contributed by atoms with Crippen molar-refractivity contribution in [3.63, 3.8) is 0 Å². The number of nitrogens with one attached hydrogen (secondary N) is 1. The highest BCUT2D eigenvalue weighted by molar-refractivity contribution is 7.13. The van der Waals surface area contributed by atoms with Crippen LogP contribution >= 0.6 is 11.3 Å². The summed E-state index contributed by atoms with van der Waals surface area (Å²) in [6.45, 7) is 6.31. The molecule has 2 rings (SSSR count). The maximum Gasteiger partial charge on any atom is 0.345 e. The molecule has 6 nitrogen and oxygen atoms in total. The summed E-state index contributed by atoms with van der Waals surface area (Å²) < 4.78 is 1.73. The van der Waals surface area contributed by atoms with Crippen LogP contribution in [0, 0.1) is 0 Å². The van der Waals surface area contributed by atoms with Crippen LogP contribution in [0.4, 0.5) is 0 Å². The number of carbonyl (C=O) groups excluding carboxylic acids is 1. The Morgan fingerprint density at radius 3 is 2.62 bits per heavy atom. The van der Waals surface area contributed by atoms with E-state index in [4.69, 9.17) is 5.11 Å². The summed E-state index contributed by atoms with van der Waals surface area (Å²) in [6.07, 6.45) is 3.23. The lowest BCUT2D eigenvalue weighted by molar-refractivity contribution is 0.0702. The number of amides is 1. The summed E-state index contributed by atoms with van der Waals surface area (Å²) in [6, 6.07) is 3.24. The van der Waals surface area contributed by atoms with E-state index >= 15 is 0 Å². The predicted molar refractivity (Wildman–Crippen MR) is 79.7 cm³/mol. The van der Waals surface area contributed by atoms with Gasteiger partial charge in [-0.1, -0.05) is 0 Å². The van der Waals surface area contributed by atoms with Gasteiger partial charge >= 0.3 is 5.97 Å². The summed E-state index contributed by atoms with van der Waals surface area (Å²) in [5.41, 5.74) is 0.308. The first kappa shape index (κ1) is 15.2. The Morgan fingerprint density at radius 1 is 1.38 bits per heavy atom. The van der Waals surface area contributed by atoms with Gasteiger partial charge in [0.05, 0.1) is 23.8 Å². The molecule has 0 fully saturated rings. The summed E-state index contributed by atoms with van der Waals surface area (Å²) >= 11 is 1.15. The number of aromatic nitrogens is 2. The molecular formula is C14H17N3O3S. The predicted octanol–water partition coefficient (Wildman–Crippen LogP) is 2.33. The average molecular weight is 307 g/mol. The molecule has 0 radical (unpaired) electrons. The average Bonchev–Trinajstić information content (AvgIpc) is 3.04. The normalized spacial score (nSPS) is 11.4. The molecule has 0 unspecified atom stereocenters. The van der Waals surface area contributed by atoms with Crippen LogP contribution in [0.1, 0.15) is 45.7 Å². The third-order valence-electron chi connectivity index (χ3n) is 2.83. The quantitative estimate of drug-likeness (QED) is 0.908. The Bertz CT molecular complexity index is 667. The van der Waals surface area contributed by atoms with E-state index in [1.165, 1.54) is 12.3 Å². The molecule has 2 heterocycles. The molecule has 2 aromatic heterocycles. The van der Waals surface area contributed by atoms with Crippen molar-refractivity contribution in [2.24, 2.45) is 0 Å². The number of aromatic carboxylic acids is 1. The van der Waals surface area contributed by atoms with Crippen LogP contribution in [-0.2, 0) is 12.1 Å². The fraction of sp³-hybridized carbons (Fsp3) is 0.357. The topological polar surface area (TPSA) is 84.2 Å². The van der Waals surface area contributed by atoms with Gasteiger partial charge in [0.1, 0.15) is 4.88 Å². The largest absolute Gasteiger partial charge is 0.477 e. The number of hydrogen-bond acceptors (Lipinski definition) is 4. The van der Waals surface area contributed by atoms with E-state index < -0.39 is 5.97 Å². The fourth-order valence-electron chi connectivity index (χ4n) is 1.66. The fourth-order valence-corrected chi connectivity index (χ4v) is 2.45. The molecule has 2 N–H and O–H groups in total. The lowest BCUT2D eigenvalue weighted by Gasteiger charge is -2.18. The van der Waals surface area contributed by atoms with Crippen LogP contribution in [0.5, 0.6) is 0 Å². The van der Waals surface area contributed by atoms with E-state index in [0.717, 1.165) is 16.2 Å². The van der Waals surface area contributed by atoms with Crippen molar-refractivity contribution >= 4 is 23.2 Å². The Balaban J connectivity index is 1.98. The van der Waals surface area contributed by atoms with E-state index in [1.807, 2.05) is 20.8 Å². The van der Waals surface area contributed by atoms with Gasteiger partial charge in [0.15, 0.2) is 0 Å². The third-order valence-corrected chi connectivity index (χ3v) is 3.90. The molecule has 0 saturated heterocycles. The number of nitrogens with zero attached hydrogens (tertiary/aromatic N) is 2. The highest BCUT2D eigenvalue weighted by atomic mass is 32.1. The van der Waals surface area contributed by atoms with Crippen molar-refractivity contribution in [3.8, 4) is 0 Å². The summed E-state index contributed by atoms with van der Waals surface area (Å²) in [5.74, 6) is -1.18. The third kappa shape index (κ3) is 3.69.